The average Bonchev–Trinajstić information content (AvgIpc) is 3.31. The van der Waals surface area contributed by atoms with Crippen molar-refractivity contribution >= 4 is 26.4 Å². The van der Waals surface area contributed by atoms with Crippen molar-refractivity contribution in [3.63, 3.8) is 0 Å². The van der Waals surface area contributed by atoms with Crippen LogP contribution in [-0.2, 0) is 21.6 Å². The van der Waals surface area contributed by atoms with Crippen molar-refractivity contribution in [3.05, 3.63) is 65.9 Å². The van der Waals surface area contributed by atoms with Crippen LogP contribution in [0.15, 0.2) is 53.4 Å². The maximum absolute atomic E-state index is 15.6. The molecule has 0 aliphatic carbocycles. The molecular weight excluding hydrogens is 546 g/mol. The Bertz CT molecular complexity index is 1710. The summed E-state index contributed by atoms with van der Waals surface area (Å²) in [5, 5.41) is 0.887. The fraction of sp³-hybridized carbons (Fsp3) is 0.387. The molecule has 2 fully saturated rings. The summed E-state index contributed by atoms with van der Waals surface area (Å²) in [4.78, 5) is 9.27. The molecule has 4 aromatic rings. The second-order valence-electron chi connectivity index (χ2n) is 11.0. The molecular formula is C31H34F2N4O3S. The molecule has 4 heterocycles. The smallest absolute Gasteiger partial charge is 0.182 e. The van der Waals surface area contributed by atoms with E-state index in [1.165, 1.54) is 6.26 Å². The highest BCUT2D eigenvalue weighted by Gasteiger charge is 2.28. The number of hydrogen-bond donors (Lipinski definition) is 0. The standard InChI is InChI=1S/C31H34F2N4O3S/c1-20-25-18-28(21-4-6-23(7-5-21)41(3,38)39)35(2)29(25)19-26(34-20)24-8-9-27(31(33)30(24)32)37-14-12-36(13-15-37)22-10-16-40-17-11-22/h4-9,18-19,22H,10-17H2,1-3H3. The molecule has 0 spiro atoms. The molecule has 2 aliphatic heterocycles. The molecule has 2 aliphatic rings. The lowest BCUT2D eigenvalue weighted by molar-refractivity contribution is 0.0321. The Kier molecular flexibility index (Phi) is 7.33. The van der Waals surface area contributed by atoms with E-state index in [2.05, 4.69) is 9.88 Å². The minimum atomic E-state index is -3.30. The summed E-state index contributed by atoms with van der Waals surface area (Å²) in [6.07, 6.45) is 3.22. The van der Waals surface area contributed by atoms with Crippen LogP contribution in [0.3, 0.4) is 0 Å². The first-order chi connectivity index (χ1) is 19.6. The summed E-state index contributed by atoms with van der Waals surface area (Å²) in [5.74, 6) is -1.74. The molecule has 0 amide bonds. The molecule has 0 N–H and O–H groups in total. The van der Waals surface area contributed by atoms with Crippen molar-refractivity contribution < 1.29 is 21.9 Å². The predicted octanol–water partition coefficient (Wildman–Crippen LogP) is 5.20. The number of nitrogens with zero attached hydrogens (tertiary/aromatic N) is 4. The topological polar surface area (TPSA) is 67.7 Å². The molecule has 6 rings (SSSR count). The monoisotopic (exact) mass is 580 g/mol. The summed E-state index contributed by atoms with van der Waals surface area (Å²) >= 11 is 0. The van der Waals surface area contributed by atoms with E-state index in [1.807, 2.05) is 29.5 Å². The molecule has 216 valence electrons. The van der Waals surface area contributed by atoms with Crippen molar-refractivity contribution in [1.29, 1.82) is 0 Å². The minimum Gasteiger partial charge on any atom is -0.381 e. The van der Waals surface area contributed by atoms with Crippen molar-refractivity contribution in [2.75, 3.05) is 50.5 Å². The molecule has 10 heteroatoms. The third-order valence-corrected chi connectivity index (χ3v) is 9.64. The van der Waals surface area contributed by atoms with Crippen LogP contribution < -0.4 is 4.90 Å². The van der Waals surface area contributed by atoms with E-state index in [0.29, 0.717) is 30.5 Å². The van der Waals surface area contributed by atoms with Gasteiger partial charge in [0, 0.05) is 81.1 Å². The number of anilines is 1. The van der Waals surface area contributed by atoms with E-state index in [0.717, 1.165) is 61.3 Å². The first-order valence-electron chi connectivity index (χ1n) is 13.9. The van der Waals surface area contributed by atoms with Gasteiger partial charge in [0.1, 0.15) is 0 Å². The summed E-state index contributed by atoms with van der Waals surface area (Å²) in [6, 6.07) is 14.3. The van der Waals surface area contributed by atoms with Crippen LogP contribution >= 0.6 is 0 Å². The number of fused-ring (bicyclic) bond motifs is 1. The molecule has 7 nitrogen and oxygen atoms in total. The van der Waals surface area contributed by atoms with Crippen LogP contribution in [0, 0.1) is 18.6 Å². The number of piperazine rings is 1. The normalized spacial score (nSPS) is 17.4. The number of aromatic nitrogens is 2. The second-order valence-corrected chi connectivity index (χ2v) is 13.1. The fourth-order valence-corrected chi connectivity index (χ4v) is 6.76. The largest absolute Gasteiger partial charge is 0.381 e. The number of rotatable bonds is 5. The summed E-state index contributed by atoms with van der Waals surface area (Å²) in [5.41, 5.74) is 4.00. The highest BCUT2D eigenvalue weighted by Crippen LogP contribution is 2.35. The van der Waals surface area contributed by atoms with Crippen LogP contribution in [0.2, 0.25) is 0 Å². The summed E-state index contributed by atoms with van der Waals surface area (Å²) in [7, 11) is -1.40. The molecule has 41 heavy (non-hydrogen) atoms. The van der Waals surface area contributed by atoms with Crippen molar-refractivity contribution in [2.45, 2.75) is 30.7 Å². The maximum Gasteiger partial charge on any atom is 0.182 e. The van der Waals surface area contributed by atoms with Gasteiger partial charge in [-0.05, 0) is 61.7 Å². The van der Waals surface area contributed by atoms with Gasteiger partial charge in [-0.25, -0.2) is 17.2 Å². The summed E-state index contributed by atoms with van der Waals surface area (Å²) in [6.45, 7) is 6.35. The van der Waals surface area contributed by atoms with Gasteiger partial charge >= 0.3 is 0 Å². The Morgan fingerprint density at radius 2 is 1.61 bits per heavy atom. The van der Waals surface area contributed by atoms with Gasteiger partial charge in [0.2, 0.25) is 0 Å². The third-order valence-electron chi connectivity index (χ3n) is 8.51. The van der Waals surface area contributed by atoms with Crippen molar-refractivity contribution in [1.82, 2.24) is 14.5 Å². The molecule has 0 unspecified atom stereocenters. The fourth-order valence-electron chi connectivity index (χ4n) is 6.13. The zero-order valence-electron chi connectivity index (χ0n) is 23.5. The lowest BCUT2D eigenvalue weighted by Gasteiger charge is -2.41. The number of sulfone groups is 1. The second kappa shape index (κ2) is 10.8. The van der Waals surface area contributed by atoms with Crippen LogP contribution in [-0.4, -0.2) is 74.6 Å². The van der Waals surface area contributed by atoms with E-state index in [1.54, 1.807) is 42.5 Å². The number of halogens is 2. The van der Waals surface area contributed by atoms with Crippen LogP contribution in [0.1, 0.15) is 18.5 Å². The maximum atomic E-state index is 15.6. The molecule has 0 bridgehead atoms. The highest BCUT2D eigenvalue weighted by atomic mass is 32.2. The Labute approximate surface area is 239 Å². The van der Waals surface area contributed by atoms with Gasteiger partial charge in [0.25, 0.3) is 0 Å². The molecule has 0 atom stereocenters. The SMILES string of the molecule is Cc1nc(-c2ccc(N3CCN(C4CCOCC4)CC3)c(F)c2F)cc2c1cc(-c1ccc(S(C)(=O)=O)cc1)n2C. The zero-order valence-corrected chi connectivity index (χ0v) is 24.3. The third kappa shape index (κ3) is 5.24. The van der Waals surface area contributed by atoms with E-state index < -0.39 is 21.5 Å². The summed E-state index contributed by atoms with van der Waals surface area (Å²) < 4.78 is 62.2. The van der Waals surface area contributed by atoms with Crippen molar-refractivity contribution in [3.8, 4) is 22.5 Å². The molecule has 0 saturated carbocycles. The van der Waals surface area contributed by atoms with Gasteiger partial charge in [-0.15, -0.1) is 0 Å². The first kappa shape index (κ1) is 27.8. The van der Waals surface area contributed by atoms with Crippen molar-refractivity contribution in [2.24, 2.45) is 7.05 Å². The van der Waals surface area contributed by atoms with Gasteiger partial charge in [-0.2, -0.15) is 0 Å². The van der Waals surface area contributed by atoms with E-state index >= 15 is 8.78 Å². The molecule has 2 aromatic carbocycles. The number of aryl methyl sites for hydroxylation is 2. The van der Waals surface area contributed by atoms with Gasteiger partial charge in [0.05, 0.1) is 21.8 Å². The quantitative estimate of drug-likeness (QED) is 0.324. The van der Waals surface area contributed by atoms with E-state index in [4.69, 9.17) is 4.74 Å². The van der Waals surface area contributed by atoms with Crippen LogP contribution in [0.4, 0.5) is 14.5 Å². The number of ether oxygens (including phenoxy) is 1. The van der Waals surface area contributed by atoms with Gasteiger partial charge in [-0.3, -0.25) is 9.88 Å². The molecule has 2 saturated heterocycles. The molecule has 2 aromatic heterocycles. The Morgan fingerprint density at radius 1 is 0.927 bits per heavy atom. The van der Waals surface area contributed by atoms with Gasteiger partial charge in [0.15, 0.2) is 21.5 Å². The number of benzene rings is 2. The van der Waals surface area contributed by atoms with E-state index in [-0.39, 0.29) is 16.1 Å². The first-order valence-corrected chi connectivity index (χ1v) is 15.8. The highest BCUT2D eigenvalue weighted by molar-refractivity contribution is 7.90. The van der Waals surface area contributed by atoms with Crippen LogP contribution in [0.25, 0.3) is 33.4 Å². The van der Waals surface area contributed by atoms with Gasteiger partial charge in [-0.1, -0.05) is 12.1 Å². The predicted molar refractivity (Wildman–Crippen MR) is 157 cm³/mol. The number of hydrogen-bond acceptors (Lipinski definition) is 6. The molecule has 0 radical (unpaired) electrons. The Morgan fingerprint density at radius 3 is 2.27 bits per heavy atom. The lowest BCUT2D eigenvalue weighted by atomic mass is 10.0. The number of pyridine rings is 1. The Hall–Kier alpha value is -3.34. The lowest BCUT2D eigenvalue weighted by Crippen LogP contribution is -2.51. The van der Waals surface area contributed by atoms with Crippen LogP contribution in [0.5, 0.6) is 0 Å². The zero-order chi connectivity index (χ0) is 28.9. The Balaban J connectivity index is 1.28. The average molecular weight is 581 g/mol. The van der Waals surface area contributed by atoms with Gasteiger partial charge < -0.3 is 14.2 Å². The minimum absolute atomic E-state index is 0.123. The van der Waals surface area contributed by atoms with E-state index in [9.17, 15) is 8.42 Å².